The Hall–Kier alpha value is -1.36. The Morgan fingerprint density at radius 1 is 1.43 bits per heavy atom. The molecule has 2 aliphatic rings. The van der Waals surface area contributed by atoms with Crippen LogP contribution in [0.5, 0.6) is 0 Å². The number of aromatic nitrogens is 2. The number of hydrogen-bond donors (Lipinski definition) is 1. The van der Waals surface area contributed by atoms with Crippen molar-refractivity contribution in [2.45, 2.75) is 38.0 Å². The molecule has 1 saturated heterocycles. The van der Waals surface area contributed by atoms with E-state index in [4.69, 9.17) is 0 Å². The van der Waals surface area contributed by atoms with Gasteiger partial charge in [0.15, 0.2) is 0 Å². The summed E-state index contributed by atoms with van der Waals surface area (Å²) < 4.78 is 1.78. The first kappa shape index (κ1) is 14.6. The lowest BCUT2D eigenvalue weighted by Gasteiger charge is -2.26. The van der Waals surface area contributed by atoms with E-state index in [9.17, 15) is 9.90 Å². The zero-order valence-electron chi connectivity index (χ0n) is 12.7. The van der Waals surface area contributed by atoms with Gasteiger partial charge in [-0.3, -0.25) is 9.48 Å². The van der Waals surface area contributed by atoms with Gasteiger partial charge in [0.2, 0.25) is 5.91 Å². The first-order valence-electron chi connectivity index (χ1n) is 8.04. The van der Waals surface area contributed by atoms with Crippen LogP contribution in [0.4, 0.5) is 0 Å². The van der Waals surface area contributed by atoms with Crippen molar-refractivity contribution in [1.82, 2.24) is 14.7 Å². The third-order valence-electron chi connectivity index (χ3n) is 5.17. The summed E-state index contributed by atoms with van der Waals surface area (Å²) in [5.74, 6) is 1.39. The van der Waals surface area contributed by atoms with Gasteiger partial charge in [0, 0.05) is 51.2 Å². The van der Waals surface area contributed by atoms with Gasteiger partial charge in [-0.05, 0) is 17.9 Å². The van der Waals surface area contributed by atoms with Crippen LogP contribution >= 0.6 is 0 Å². The van der Waals surface area contributed by atoms with E-state index < -0.39 is 0 Å². The smallest absolute Gasteiger partial charge is 0.222 e. The fraction of sp³-hybridized carbons (Fsp3) is 0.750. The molecule has 2 atom stereocenters. The monoisotopic (exact) mass is 291 g/mol. The highest BCUT2D eigenvalue weighted by atomic mass is 16.3. The van der Waals surface area contributed by atoms with Crippen LogP contribution in [0.2, 0.25) is 0 Å². The molecule has 5 nitrogen and oxygen atoms in total. The van der Waals surface area contributed by atoms with E-state index >= 15 is 0 Å². The Labute approximate surface area is 125 Å². The van der Waals surface area contributed by atoms with Crippen molar-refractivity contribution in [3.63, 3.8) is 0 Å². The van der Waals surface area contributed by atoms with E-state index in [1.165, 1.54) is 19.3 Å². The summed E-state index contributed by atoms with van der Waals surface area (Å²) in [5, 5.41) is 13.8. The van der Waals surface area contributed by atoms with Gasteiger partial charge in [-0.15, -0.1) is 0 Å². The van der Waals surface area contributed by atoms with Gasteiger partial charge in [0.1, 0.15) is 0 Å². The second-order valence-electron chi connectivity index (χ2n) is 6.63. The first-order chi connectivity index (χ1) is 10.2. The number of nitrogens with zero attached hydrogens (tertiary/aromatic N) is 3. The minimum absolute atomic E-state index is 0.131. The summed E-state index contributed by atoms with van der Waals surface area (Å²) >= 11 is 0. The normalized spacial score (nSPS) is 26.1. The zero-order chi connectivity index (χ0) is 14.8. The number of carbonyl (C=O) groups is 1. The van der Waals surface area contributed by atoms with E-state index in [1.54, 1.807) is 4.68 Å². The quantitative estimate of drug-likeness (QED) is 0.895. The predicted molar refractivity (Wildman–Crippen MR) is 79.7 cm³/mol. The average molecular weight is 291 g/mol. The lowest BCUT2D eigenvalue weighted by Crippen LogP contribution is -2.29. The number of aryl methyl sites for hydroxylation is 1. The van der Waals surface area contributed by atoms with Crippen molar-refractivity contribution < 1.29 is 9.90 Å². The Kier molecular flexibility index (Phi) is 4.29. The standard InChI is InChI=1S/C16H25N3O2/c1-18-8-13(7-17-18)15-10-19(9-14(15)11-20)16(21)6-5-12-3-2-4-12/h7-8,12,14-15,20H,2-6,9-11H2,1H3/t14-,15-/m0/s1. The van der Waals surface area contributed by atoms with Crippen LogP contribution in [-0.2, 0) is 11.8 Å². The van der Waals surface area contributed by atoms with Crippen molar-refractivity contribution >= 4 is 5.91 Å². The number of likely N-dealkylation sites (tertiary alicyclic amines) is 1. The maximum Gasteiger partial charge on any atom is 0.222 e. The Balaban J connectivity index is 1.58. The van der Waals surface area contributed by atoms with E-state index in [1.807, 2.05) is 24.3 Å². The molecule has 0 radical (unpaired) electrons. The molecular weight excluding hydrogens is 266 g/mol. The molecule has 0 aromatic carbocycles. The maximum atomic E-state index is 12.4. The highest BCUT2D eigenvalue weighted by Gasteiger charge is 2.36. The number of amides is 1. The largest absolute Gasteiger partial charge is 0.396 e. The van der Waals surface area contributed by atoms with Crippen LogP contribution < -0.4 is 0 Å². The molecule has 1 aromatic heterocycles. The van der Waals surface area contributed by atoms with Gasteiger partial charge in [-0.1, -0.05) is 19.3 Å². The molecule has 5 heteroatoms. The van der Waals surface area contributed by atoms with Crippen molar-refractivity contribution in [2.75, 3.05) is 19.7 Å². The molecule has 1 saturated carbocycles. The zero-order valence-corrected chi connectivity index (χ0v) is 12.7. The lowest BCUT2D eigenvalue weighted by atomic mass is 9.82. The molecule has 1 aliphatic heterocycles. The van der Waals surface area contributed by atoms with Crippen molar-refractivity contribution in [3.05, 3.63) is 18.0 Å². The van der Waals surface area contributed by atoms with Crippen LogP contribution in [0.3, 0.4) is 0 Å². The van der Waals surface area contributed by atoms with Gasteiger partial charge in [-0.25, -0.2) is 0 Å². The summed E-state index contributed by atoms with van der Waals surface area (Å²) in [7, 11) is 1.90. The SMILES string of the molecule is Cn1cc([C@@H]2CN(C(=O)CCC3CCC3)C[C@H]2CO)cn1. The third-order valence-corrected chi connectivity index (χ3v) is 5.17. The molecule has 1 aliphatic carbocycles. The summed E-state index contributed by atoms with van der Waals surface area (Å²) in [6.07, 6.45) is 9.48. The van der Waals surface area contributed by atoms with Gasteiger partial charge in [-0.2, -0.15) is 5.10 Å². The predicted octanol–water partition coefficient (Wildman–Crippen LogP) is 1.53. The molecule has 1 aromatic rings. The van der Waals surface area contributed by atoms with E-state index in [0.717, 1.165) is 24.4 Å². The highest BCUT2D eigenvalue weighted by Crippen LogP contribution is 2.34. The van der Waals surface area contributed by atoms with Crippen LogP contribution in [0, 0.1) is 11.8 Å². The Morgan fingerprint density at radius 2 is 2.24 bits per heavy atom. The fourth-order valence-electron chi connectivity index (χ4n) is 3.54. The minimum atomic E-state index is 0.131. The minimum Gasteiger partial charge on any atom is -0.396 e. The highest BCUT2D eigenvalue weighted by molar-refractivity contribution is 5.76. The number of hydrogen-bond acceptors (Lipinski definition) is 3. The van der Waals surface area contributed by atoms with Crippen LogP contribution in [-0.4, -0.2) is 45.4 Å². The first-order valence-corrected chi connectivity index (χ1v) is 8.04. The average Bonchev–Trinajstić information content (AvgIpc) is 3.02. The van der Waals surface area contributed by atoms with E-state index in [2.05, 4.69) is 5.10 Å². The van der Waals surface area contributed by atoms with Crippen molar-refractivity contribution in [1.29, 1.82) is 0 Å². The molecule has 1 N–H and O–H groups in total. The number of aliphatic hydroxyl groups is 1. The topological polar surface area (TPSA) is 58.4 Å². The maximum absolute atomic E-state index is 12.4. The van der Waals surface area contributed by atoms with E-state index in [-0.39, 0.29) is 24.3 Å². The lowest BCUT2D eigenvalue weighted by molar-refractivity contribution is -0.130. The second-order valence-corrected chi connectivity index (χ2v) is 6.63. The number of carbonyl (C=O) groups excluding carboxylic acids is 1. The molecule has 0 bridgehead atoms. The Bertz CT molecular complexity index is 495. The second kappa shape index (κ2) is 6.18. The summed E-state index contributed by atoms with van der Waals surface area (Å²) in [5.41, 5.74) is 1.13. The number of aliphatic hydroxyl groups excluding tert-OH is 1. The molecular formula is C16H25N3O2. The van der Waals surface area contributed by atoms with Crippen LogP contribution in [0.15, 0.2) is 12.4 Å². The molecule has 2 fully saturated rings. The molecule has 0 unspecified atom stereocenters. The van der Waals surface area contributed by atoms with E-state index in [0.29, 0.717) is 13.0 Å². The third kappa shape index (κ3) is 3.12. The van der Waals surface area contributed by atoms with Crippen molar-refractivity contribution in [3.8, 4) is 0 Å². The van der Waals surface area contributed by atoms with Gasteiger partial charge < -0.3 is 10.0 Å². The molecule has 21 heavy (non-hydrogen) atoms. The van der Waals surface area contributed by atoms with Crippen LogP contribution in [0.1, 0.15) is 43.6 Å². The summed E-state index contributed by atoms with van der Waals surface area (Å²) in [6.45, 7) is 1.53. The van der Waals surface area contributed by atoms with Gasteiger partial charge >= 0.3 is 0 Å². The number of rotatable bonds is 5. The summed E-state index contributed by atoms with van der Waals surface area (Å²) in [6, 6.07) is 0. The Morgan fingerprint density at radius 3 is 2.81 bits per heavy atom. The molecule has 2 heterocycles. The molecule has 1 amide bonds. The summed E-state index contributed by atoms with van der Waals surface area (Å²) in [4.78, 5) is 14.3. The van der Waals surface area contributed by atoms with Gasteiger partial charge in [0.25, 0.3) is 0 Å². The fourth-order valence-corrected chi connectivity index (χ4v) is 3.54. The molecule has 116 valence electrons. The van der Waals surface area contributed by atoms with Gasteiger partial charge in [0.05, 0.1) is 6.20 Å². The molecule has 3 rings (SSSR count). The van der Waals surface area contributed by atoms with Crippen LogP contribution in [0.25, 0.3) is 0 Å². The molecule has 0 spiro atoms. The van der Waals surface area contributed by atoms with Crippen molar-refractivity contribution in [2.24, 2.45) is 18.9 Å².